The van der Waals surface area contributed by atoms with Crippen molar-refractivity contribution in [3.63, 3.8) is 0 Å². The molecule has 0 atom stereocenters. The molecule has 3 rings (SSSR count). The molecule has 0 fully saturated rings. The number of rotatable bonds is 4. The normalized spacial score (nSPS) is 15.2. The minimum absolute atomic E-state index is 0.241. The highest BCUT2D eigenvalue weighted by atomic mass is 79.9. The van der Waals surface area contributed by atoms with Crippen molar-refractivity contribution in [1.82, 2.24) is 0 Å². The largest absolute Gasteiger partial charge is 0.497 e. The first-order valence-electron chi connectivity index (χ1n) is 7.11. The summed E-state index contributed by atoms with van der Waals surface area (Å²) in [5.41, 5.74) is 1.73. The van der Waals surface area contributed by atoms with Gasteiger partial charge in [0.05, 0.1) is 18.7 Å². The third-order valence-corrected chi connectivity index (χ3v) is 4.04. The summed E-state index contributed by atoms with van der Waals surface area (Å²) in [5.74, 6) is 1.16. The molecule has 0 bridgehead atoms. The highest BCUT2D eigenvalue weighted by Crippen LogP contribution is 2.27. The Kier molecular flexibility index (Phi) is 4.66. The van der Waals surface area contributed by atoms with E-state index >= 15 is 0 Å². The van der Waals surface area contributed by atoms with E-state index in [0.717, 1.165) is 10.0 Å². The Morgan fingerprint density at radius 3 is 2.67 bits per heavy atom. The Morgan fingerprint density at radius 1 is 1.12 bits per heavy atom. The van der Waals surface area contributed by atoms with Gasteiger partial charge in [0.15, 0.2) is 5.70 Å². The van der Waals surface area contributed by atoms with Gasteiger partial charge in [0.25, 0.3) is 0 Å². The number of nitrogens with zero attached hydrogens (tertiary/aromatic N) is 1. The fraction of sp³-hybridized carbons (Fsp3) is 0.111. The maximum atomic E-state index is 12.1. The number of hydrogen-bond donors (Lipinski definition) is 0. The topological polar surface area (TPSA) is 57.1 Å². The lowest BCUT2D eigenvalue weighted by Crippen LogP contribution is -2.05. The number of ether oxygens (including phenoxy) is 3. The van der Waals surface area contributed by atoms with E-state index in [1.165, 1.54) is 0 Å². The molecule has 1 heterocycles. The van der Waals surface area contributed by atoms with Gasteiger partial charge < -0.3 is 14.2 Å². The van der Waals surface area contributed by atoms with Gasteiger partial charge in [0, 0.05) is 5.56 Å². The van der Waals surface area contributed by atoms with Crippen LogP contribution in [0, 0.1) is 0 Å². The van der Waals surface area contributed by atoms with Gasteiger partial charge in [-0.15, -0.1) is 0 Å². The molecule has 1 aliphatic rings. The van der Waals surface area contributed by atoms with Crippen LogP contribution in [0.3, 0.4) is 0 Å². The van der Waals surface area contributed by atoms with Crippen LogP contribution < -0.4 is 9.47 Å². The number of benzene rings is 2. The molecule has 6 heteroatoms. The number of hydrogen-bond acceptors (Lipinski definition) is 5. The van der Waals surface area contributed by atoms with Crippen LogP contribution in [0.2, 0.25) is 0 Å². The van der Waals surface area contributed by atoms with Crippen LogP contribution in [0.25, 0.3) is 6.08 Å². The van der Waals surface area contributed by atoms with E-state index in [0.29, 0.717) is 17.1 Å². The molecule has 0 aliphatic carbocycles. The summed E-state index contributed by atoms with van der Waals surface area (Å²) in [6.07, 6.45) is 1.67. The second-order valence-electron chi connectivity index (χ2n) is 4.96. The summed E-state index contributed by atoms with van der Waals surface area (Å²) in [5, 5.41) is 0. The average molecular weight is 388 g/mol. The first-order valence-corrected chi connectivity index (χ1v) is 7.90. The Hall–Kier alpha value is -2.60. The van der Waals surface area contributed by atoms with Crippen LogP contribution in [0.15, 0.2) is 57.6 Å². The first kappa shape index (κ1) is 16.3. The van der Waals surface area contributed by atoms with Crippen molar-refractivity contribution >= 4 is 33.9 Å². The van der Waals surface area contributed by atoms with Gasteiger partial charge in [-0.2, -0.15) is 0 Å². The summed E-state index contributed by atoms with van der Waals surface area (Å²) in [4.78, 5) is 16.3. The van der Waals surface area contributed by atoms with E-state index in [9.17, 15) is 4.79 Å². The monoisotopic (exact) mass is 387 g/mol. The van der Waals surface area contributed by atoms with Crippen LogP contribution >= 0.6 is 15.9 Å². The van der Waals surface area contributed by atoms with Gasteiger partial charge in [0.1, 0.15) is 11.5 Å². The van der Waals surface area contributed by atoms with Gasteiger partial charge in [-0.25, -0.2) is 9.79 Å². The molecule has 0 amide bonds. The average Bonchev–Trinajstić information content (AvgIpc) is 2.96. The maximum absolute atomic E-state index is 12.1. The van der Waals surface area contributed by atoms with Crippen LogP contribution in [0.4, 0.5) is 0 Å². The summed E-state index contributed by atoms with van der Waals surface area (Å²) < 4.78 is 16.4. The molecular formula is C18H14BrNO4. The predicted molar refractivity (Wildman–Crippen MR) is 94.3 cm³/mol. The lowest BCUT2D eigenvalue weighted by Gasteiger charge is -2.03. The molecule has 0 saturated heterocycles. The highest BCUT2D eigenvalue weighted by Gasteiger charge is 2.24. The number of carbonyl (C=O) groups is 1. The van der Waals surface area contributed by atoms with E-state index in [2.05, 4.69) is 20.9 Å². The van der Waals surface area contributed by atoms with E-state index in [1.807, 2.05) is 36.4 Å². The van der Waals surface area contributed by atoms with Gasteiger partial charge in [-0.05, 0) is 57.9 Å². The molecule has 0 radical (unpaired) electrons. The van der Waals surface area contributed by atoms with E-state index in [4.69, 9.17) is 14.2 Å². The zero-order valence-electron chi connectivity index (χ0n) is 13.1. The lowest BCUT2D eigenvalue weighted by atomic mass is 10.2. The number of esters is 1. The van der Waals surface area contributed by atoms with Gasteiger partial charge >= 0.3 is 5.97 Å². The Labute approximate surface area is 147 Å². The number of carbonyl (C=O) groups excluding carboxylic acids is 1. The molecule has 122 valence electrons. The quantitative estimate of drug-likeness (QED) is 0.591. The van der Waals surface area contributed by atoms with E-state index in [-0.39, 0.29) is 11.6 Å². The van der Waals surface area contributed by atoms with Crippen molar-refractivity contribution < 1.29 is 19.0 Å². The standard InChI is InChI=1S/C18H14BrNO4/c1-22-13-5-3-4-12(10-13)17-20-15(18(21)24-17)9-11-6-7-16(23-2)14(19)8-11/h3-10H,1-2H3/b15-9-. The number of halogens is 1. The first-order chi connectivity index (χ1) is 11.6. The van der Waals surface area contributed by atoms with Crippen LogP contribution in [-0.4, -0.2) is 26.1 Å². The molecule has 0 spiro atoms. The summed E-state index contributed by atoms with van der Waals surface area (Å²) >= 11 is 3.42. The number of cyclic esters (lactones) is 1. The van der Waals surface area contributed by atoms with E-state index < -0.39 is 5.97 Å². The van der Waals surface area contributed by atoms with E-state index in [1.54, 1.807) is 26.4 Å². The fourth-order valence-corrected chi connectivity index (χ4v) is 2.78. The zero-order valence-corrected chi connectivity index (χ0v) is 14.7. The Bertz CT molecular complexity index is 858. The third kappa shape index (κ3) is 3.33. The van der Waals surface area contributed by atoms with Crippen molar-refractivity contribution in [3.05, 3.63) is 63.8 Å². The van der Waals surface area contributed by atoms with Crippen molar-refractivity contribution in [2.75, 3.05) is 14.2 Å². The van der Waals surface area contributed by atoms with Crippen LogP contribution in [-0.2, 0) is 9.53 Å². The minimum atomic E-state index is -0.486. The third-order valence-electron chi connectivity index (χ3n) is 3.42. The molecule has 0 N–H and O–H groups in total. The summed E-state index contributed by atoms with van der Waals surface area (Å²) in [7, 11) is 3.17. The lowest BCUT2D eigenvalue weighted by molar-refractivity contribution is -0.129. The molecule has 0 saturated carbocycles. The van der Waals surface area contributed by atoms with Gasteiger partial charge in [0.2, 0.25) is 5.90 Å². The van der Waals surface area contributed by atoms with Crippen molar-refractivity contribution in [2.24, 2.45) is 4.99 Å². The molecule has 5 nitrogen and oxygen atoms in total. The molecular weight excluding hydrogens is 374 g/mol. The number of methoxy groups -OCH3 is 2. The smallest absolute Gasteiger partial charge is 0.363 e. The van der Waals surface area contributed by atoms with Gasteiger partial charge in [-0.1, -0.05) is 12.1 Å². The molecule has 2 aromatic carbocycles. The van der Waals surface area contributed by atoms with Crippen molar-refractivity contribution in [2.45, 2.75) is 0 Å². The Balaban J connectivity index is 1.92. The molecule has 2 aromatic rings. The second kappa shape index (κ2) is 6.88. The summed E-state index contributed by atoms with van der Waals surface area (Å²) in [6.45, 7) is 0. The molecule has 1 aliphatic heterocycles. The molecule has 0 unspecified atom stereocenters. The van der Waals surface area contributed by atoms with Crippen molar-refractivity contribution in [3.8, 4) is 11.5 Å². The zero-order chi connectivity index (χ0) is 17.1. The van der Waals surface area contributed by atoms with Crippen LogP contribution in [0.1, 0.15) is 11.1 Å². The van der Waals surface area contributed by atoms with Gasteiger partial charge in [-0.3, -0.25) is 0 Å². The van der Waals surface area contributed by atoms with Crippen molar-refractivity contribution in [1.29, 1.82) is 0 Å². The molecule has 24 heavy (non-hydrogen) atoms. The Morgan fingerprint density at radius 2 is 1.96 bits per heavy atom. The summed E-state index contributed by atoms with van der Waals surface area (Å²) in [6, 6.07) is 12.7. The number of aliphatic imine (C=N–C) groups is 1. The van der Waals surface area contributed by atoms with Crippen LogP contribution in [0.5, 0.6) is 11.5 Å². The molecule has 0 aromatic heterocycles. The predicted octanol–water partition coefficient (Wildman–Crippen LogP) is 3.81. The highest BCUT2D eigenvalue weighted by molar-refractivity contribution is 9.10. The fourth-order valence-electron chi connectivity index (χ4n) is 2.22. The minimum Gasteiger partial charge on any atom is -0.497 e. The maximum Gasteiger partial charge on any atom is 0.363 e. The SMILES string of the molecule is COc1cccc(C2=N/C(=C\c3ccc(OC)c(Br)c3)C(=O)O2)c1. The second-order valence-corrected chi connectivity index (χ2v) is 5.82.